The highest BCUT2D eigenvalue weighted by molar-refractivity contribution is 5.83. The number of nitrogens with zero attached hydrogens (tertiary/aromatic N) is 1. The smallest absolute Gasteiger partial charge is 0.315 e. The SMILES string of the molecule is O=C(CNC(=O)NCc1ccc(F)cc1)NCc1ccc(CN2CCCCC2)cc1. The molecule has 160 valence electrons. The molecule has 0 radical (unpaired) electrons. The zero-order valence-corrected chi connectivity index (χ0v) is 17.1. The second-order valence-corrected chi connectivity index (χ2v) is 7.59. The first kappa shape index (κ1) is 21.8. The maximum atomic E-state index is 12.9. The molecule has 2 aromatic rings. The summed E-state index contributed by atoms with van der Waals surface area (Å²) in [6, 6.07) is 13.7. The molecule has 3 rings (SSSR count). The second kappa shape index (κ2) is 11.3. The van der Waals surface area contributed by atoms with Crippen LogP contribution in [0.2, 0.25) is 0 Å². The molecule has 0 saturated carbocycles. The molecular weight excluding hydrogens is 383 g/mol. The van der Waals surface area contributed by atoms with Crippen LogP contribution in [-0.4, -0.2) is 36.5 Å². The van der Waals surface area contributed by atoms with E-state index in [-0.39, 0.29) is 24.8 Å². The topological polar surface area (TPSA) is 73.5 Å². The van der Waals surface area contributed by atoms with Crippen molar-refractivity contribution < 1.29 is 14.0 Å². The van der Waals surface area contributed by atoms with Gasteiger partial charge >= 0.3 is 6.03 Å². The minimum absolute atomic E-state index is 0.109. The van der Waals surface area contributed by atoms with Crippen LogP contribution in [0, 0.1) is 5.82 Å². The lowest BCUT2D eigenvalue weighted by molar-refractivity contribution is -0.120. The Morgan fingerprint density at radius 1 is 0.767 bits per heavy atom. The average Bonchev–Trinajstić information content (AvgIpc) is 2.77. The Labute approximate surface area is 176 Å². The molecule has 7 heteroatoms. The number of urea groups is 1. The Bertz CT molecular complexity index is 818. The molecule has 1 aliphatic rings. The molecule has 0 bridgehead atoms. The molecule has 1 aliphatic heterocycles. The van der Waals surface area contributed by atoms with Gasteiger partial charge in [0.2, 0.25) is 5.91 Å². The molecule has 6 nitrogen and oxygen atoms in total. The molecule has 0 aliphatic carbocycles. The van der Waals surface area contributed by atoms with E-state index >= 15 is 0 Å². The summed E-state index contributed by atoms with van der Waals surface area (Å²) < 4.78 is 12.9. The van der Waals surface area contributed by atoms with Crippen molar-refractivity contribution in [3.05, 3.63) is 71.0 Å². The Balaban J connectivity index is 1.31. The lowest BCUT2D eigenvalue weighted by Crippen LogP contribution is -2.41. The van der Waals surface area contributed by atoms with Crippen molar-refractivity contribution in [3.63, 3.8) is 0 Å². The number of halogens is 1. The minimum Gasteiger partial charge on any atom is -0.350 e. The summed E-state index contributed by atoms with van der Waals surface area (Å²) in [6.07, 6.45) is 3.89. The number of hydrogen-bond acceptors (Lipinski definition) is 3. The maximum absolute atomic E-state index is 12.9. The molecule has 3 N–H and O–H groups in total. The number of carbonyl (C=O) groups is 2. The molecular formula is C23H29FN4O2. The van der Waals surface area contributed by atoms with E-state index in [9.17, 15) is 14.0 Å². The molecule has 3 amide bonds. The number of hydrogen-bond donors (Lipinski definition) is 3. The zero-order chi connectivity index (χ0) is 21.2. The summed E-state index contributed by atoms with van der Waals surface area (Å²) in [5, 5.41) is 7.95. The predicted molar refractivity (Wildman–Crippen MR) is 114 cm³/mol. The first-order valence-corrected chi connectivity index (χ1v) is 10.4. The molecule has 1 fully saturated rings. The van der Waals surface area contributed by atoms with Crippen LogP contribution in [-0.2, 0) is 24.4 Å². The third-order valence-electron chi connectivity index (χ3n) is 5.14. The molecule has 1 heterocycles. The van der Waals surface area contributed by atoms with Crippen LogP contribution in [0.15, 0.2) is 48.5 Å². The molecule has 1 saturated heterocycles. The van der Waals surface area contributed by atoms with Gasteiger partial charge in [-0.1, -0.05) is 42.8 Å². The van der Waals surface area contributed by atoms with Crippen LogP contribution in [0.1, 0.15) is 36.0 Å². The fourth-order valence-electron chi connectivity index (χ4n) is 3.41. The molecule has 2 aromatic carbocycles. The van der Waals surface area contributed by atoms with E-state index in [1.807, 2.05) is 12.1 Å². The van der Waals surface area contributed by atoms with Gasteiger partial charge in [0.1, 0.15) is 5.82 Å². The number of piperidine rings is 1. The van der Waals surface area contributed by atoms with Crippen LogP contribution in [0.4, 0.5) is 9.18 Å². The van der Waals surface area contributed by atoms with Gasteiger partial charge in [0.05, 0.1) is 6.54 Å². The third kappa shape index (κ3) is 7.48. The van der Waals surface area contributed by atoms with Crippen molar-refractivity contribution in [1.29, 1.82) is 0 Å². The van der Waals surface area contributed by atoms with Gasteiger partial charge in [0.15, 0.2) is 0 Å². The van der Waals surface area contributed by atoms with Crippen LogP contribution >= 0.6 is 0 Å². The van der Waals surface area contributed by atoms with Crippen molar-refractivity contribution in [2.24, 2.45) is 0 Å². The van der Waals surface area contributed by atoms with Crippen molar-refractivity contribution in [2.75, 3.05) is 19.6 Å². The lowest BCUT2D eigenvalue weighted by Gasteiger charge is -2.26. The second-order valence-electron chi connectivity index (χ2n) is 7.59. The van der Waals surface area contributed by atoms with Crippen molar-refractivity contribution in [1.82, 2.24) is 20.9 Å². The summed E-state index contributed by atoms with van der Waals surface area (Å²) in [5.74, 6) is -0.583. The van der Waals surface area contributed by atoms with E-state index < -0.39 is 6.03 Å². The quantitative estimate of drug-likeness (QED) is 0.624. The van der Waals surface area contributed by atoms with Crippen molar-refractivity contribution in [3.8, 4) is 0 Å². The van der Waals surface area contributed by atoms with Crippen LogP contribution in [0.3, 0.4) is 0 Å². The predicted octanol–water partition coefficient (Wildman–Crippen LogP) is 2.93. The van der Waals surface area contributed by atoms with Gasteiger partial charge in [-0.25, -0.2) is 9.18 Å². The van der Waals surface area contributed by atoms with E-state index in [4.69, 9.17) is 0 Å². The Morgan fingerprint density at radius 2 is 1.33 bits per heavy atom. The van der Waals surface area contributed by atoms with Crippen molar-refractivity contribution in [2.45, 2.75) is 38.9 Å². The zero-order valence-electron chi connectivity index (χ0n) is 17.1. The summed E-state index contributed by atoms with van der Waals surface area (Å²) in [7, 11) is 0. The summed E-state index contributed by atoms with van der Waals surface area (Å²) in [4.78, 5) is 26.2. The first-order valence-electron chi connectivity index (χ1n) is 10.4. The van der Waals surface area contributed by atoms with Crippen LogP contribution < -0.4 is 16.0 Å². The maximum Gasteiger partial charge on any atom is 0.315 e. The molecule has 0 atom stereocenters. The molecule has 30 heavy (non-hydrogen) atoms. The summed E-state index contributed by atoms with van der Waals surface area (Å²) in [5.41, 5.74) is 3.08. The standard InChI is InChI=1S/C23H29FN4O2/c24-21-10-8-19(9-11-21)15-26-23(30)27-16-22(29)25-14-18-4-6-20(7-5-18)17-28-12-2-1-3-13-28/h4-11H,1-3,12-17H2,(H,25,29)(H2,26,27,30). The van der Waals surface area contributed by atoms with Crippen LogP contribution in [0.5, 0.6) is 0 Å². The van der Waals surface area contributed by atoms with E-state index in [0.717, 1.165) is 17.7 Å². The summed E-state index contributed by atoms with van der Waals surface area (Å²) in [6.45, 7) is 3.88. The number of nitrogens with one attached hydrogen (secondary N) is 3. The van der Waals surface area contributed by atoms with Gasteiger partial charge in [-0.15, -0.1) is 0 Å². The number of amides is 3. The van der Waals surface area contributed by atoms with E-state index in [1.54, 1.807) is 12.1 Å². The monoisotopic (exact) mass is 412 g/mol. The van der Waals surface area contributed by atoms with E-state index in [0.29, 0.717) is 6.54 Å². The highest BCUT2D eigenvalue weighted by Crippen LogP contribution is 2.13. The van der Waals surface area contributed by atoms with E-state index in [2.05, 4.69) is 33.0 Å². The third-order valence-corrected chi connectivity index (χ3v) is 5.14. The fourth-order valence-corrected chi connectivity index (χ4v) is 3.41. The Morgan fingerprint density at radius 3 is 2.00 bits per heavy atom. The molecule has 0 unspecified atom stereocenters. The van der Waals surface area contributed by atoms with Gasteiger partial charge in [0, 0.05) is 19.6 Å². The number of likely N-dealkylation sites (tertiary alicyclic amines) is 1. The van der Waals surface area contributed by atoms with Gasteiger partial charge < -0.3 is 16.0 Å². The first-order chi connectivity index (χ1) is 14.6. The van der Waals surface area contributed by atoms with Crippen molar-refractivity contribution >= 4 is 11.9 Å². The number of benzene rings is 2. The molecule has 0 spiro atoms. The van der Waals surface area contributed by atoms with Gasteiger partial charge in [-0.2, -0.15) is 0 Å². The minimum atomic E-state index is -0.448. The molecule has 0 aromatic heterocycles. The summed E-state index contributed by atoms with van der Waals surface area (Å²) >= 11 is 0. The number of carbonyl (C=O) groups excluding carboxylic acids is 2. The van der Waals surface area contributed by atoms with Gasteiger partial charge in [-0.05, 0) is 54.8 Å². The van der Waals surface area contributed by atoms with E-state index in [1.165, 1.54) is 50.0 Å². The highest BCUT2D eigenvalue weighted by Gasteiger charge is 2.10. The van der Waals surface area contributed by atoms with Gasteiger partial charge in [0.25, 0.3) is 0 Å². The average molecular weight is 413 g/mol. The van der Waals surface area contributed by atoms with Gasteiger partial charge in [-0.3, -0.25) is 9.69 Å². The highest BCUT2D eigenvalue weighted by atomic mass is 19.1. The Hall–Kier alpha value is -2.93. The largest absolute Gasteiger partial charge is 0.350 e. The Kier molecular flexibility index (Phi) is 8.20. The lowest BCUT2D eigenvalue weighted by atomic mass is 10.1. The van der Waals surface area contributed by atoms with Crippen LogP contribution in [0.25, 0.3) is 0 Å². The fraction of sp³-hybridized carbons (Fsp3) is 0.391. The number of rotatable bonds is 8. The normalized spacial score (nSPS) is 14.2.